The molecule has 0 aromatic heterocycles. The Bertz CT molecular complexity index is 1100. The molecule has 0 spiro atoms. The van der Waals surface area contributed by atoms with E-state index in [0.29, 0.717) is 0 Å². The van der Waals surface area contributed by atoms with Gasteiger partial charge in [-0.3, -0.25) is 4.18 Å². The third-order valence-electron chi connectivity index (χ3n) is 7.24. The monoisotopic (exact) mass is 804 g/mol. The summed E-state index contributed by atoms with van der Waals surface area (Å²) in [5, 5.41) is 115. The third-order valence-corrected chi connectivity index (χ3v) is 16.9. The van der Waals surface area contributed by atoms with Gasteiger partial charge in [-0.15, -0.1) is 0 Å². The molecule has 0 saturated carbocycles. The van der Waals surface area contributed by atoms with Crippen LogP contribution in [0.25, 0.3) is 0 Å². The molecule has 24 heteroatoms. The van der Waals surface area contributed by atoms with E-state index >= 15 is 0 Å². The van der Waals surface area contributed by atoms with Crippen molar-refractivity contribution < 1.29 is 95.6 Å². The fourth-order valence-corrected chi connectivity index (χ4v) is 14.1. The summed E-state index contributed by atoms with van der Waals surface area (Å²) in [5.41, 5.74) is 0. The Kier molecular flexibility index (Phi) is 18.7. The standard InChI is InChI=1S/C12H24O10SSe.C10H20O10S2/c1-2-6(14)11(18)12(22-23(19,20)21)8(16)5-24-4-7(15)10(17)9(24)3-13;11-1-5(13)10(20-22(17,18)19)7(15)4-21-3-6(14)9(16)8(21)2-12/h6-18H,2-5H2,1H3;5-16H,1-4H2/t6-,7-,8+,9-,10+,11-,12-,24?;5-,6-,7-,8-,9+,10+,21?/m11/s1. The van der Waals surface area contributed by atoms with Crippen LogP contribution in [0, 0.1) is 0 Å². The van der Waals surface area contributed by atoms with E-state index in [1.165, 1.54) is 6.92 Å². The van der Waals surface area contributed by atoms with Gasteiger partial charge >= 0.3 is 144 Å². The Hall–Kier alpha value is 0.129. The van der Waals surface area contributed by atoms with Gasteiger partial charge in [0, 0.05) is 10.9 Å². The van der Waals surface area contributed by atoms with Gasteiger partial charge in [0.2, 0.25) is 10.4 Å². The first-order valence-corrected chi connectivity index (χ1v) is 21.4. The molecule has 2 heterocycles. The first-order valence-electron chi connectivity index (χ1n) is 13.7. The molecule has 0 radical (unpaired) electrons. The van der Waals surface area contributed by atoms with Gasteiger partial charge in [-0.25, -0.2) is 8.42 Å². The normalized spacial score (nSPS) is 33.4. The van der Waals surface area contributed by atoms with Gasteiger partial charge < -0.3 is 35.2 Å². The van der Waals surface area contributed by atoms with Crippen molar-refractivity contribution in [3.63, 3.8) is 0 Å². The molecule has 20 nitrogen and oxygen atoms in total. The zero-order chi connectivity index (χ0) is 35.7. The van der Waals surface area contributed by atoms with Gasteiger partial charge in [0.15, 0.2) is 5.25 Å². The van der Waals surface area contributed by atoms with Crippen LogP contribution in [0.5, 0.6) is 0 Å². The summed E-state index contributed by atoms with van der Waals surface area (Å²) >= 11 is -1.99. The zero-order valence-electron chi connectivity index (χ0n) is 24.4. The van der Waals surface area contributed by atoms with Crippen LogP contribution in [-0.4, -0.2) is 205 Å². The van der Waals surface area contributed by atoms with Crippen LogP contribution in [0.2, 0.25) is 15.5 Å². The molecule has 0 aromatic carbocycles. The minimum Gasteiger partial charge on any atom is -0.726 e. The van der Waals surface area contributed by atoms with E-state index < -0.39 is 143 Å². The van der Waals surface area contributed by atoms with Gasteiger partial charge in [-0.05, 0) is 0 Å². The van der Waals surface area contributed by atoms with Crippen molar-refractivity contribution in [2.45, 2.75) is 101 Å². The summed E-state index contributed by atoms with van der Waals surface area (Å²) in [6, 6.07) is 0. The van der Waals surface area contributed by atoms with E-state index in [2.05, 4.69) is 8.37 Å². The van der Waals surface area contributed by atoms with Crippen molar-refractivity contribution in [1.29, 1.82) is 0 Å². The van der Waals surface area contributed by atoms with Crippen molar-refractivity contribution in [3.05, 3.63) is 0 Å². The second-order valence-electron chi connectivity index (χ2n) is 10.6. The molecule has 2 aliphatic rings. The number of aliphatic hydroxyl groups excluding tert-OH is 12. The zero-order valence-corrected chi connectivity index (χ0v) is 28.6. The average molecular weight is 804 g/mol. The maximum absolute atomic E-state index is 10.8. The predicted octanol–water partition coefficient (Wildman–Crippen LogP) is -7.82. The van der Waals surface area contributed by atoms with E-state index in [9.17, 15) is 82.1 Å². The number of rotatable bonds is 17. The first-order chi connectivity index (χ1) is 21.1. The van der Waals surface area contributed by atoms with Crippen LogP contribution in [0.15, 0.2) is 0 Å². The van der Waals surface area contributed by atoms with E-state index in [1.54, 1.807) is 0 Å². The summed E-state index contributed by atoms with van der Waals surface area (Å²) in [5.74, 6) is -0.161. The molecular formula is C22H44O20S3Se. The molecule has 2 fully saturated rings. The second kappa shape index (κ2) is 19.5. The molecule has 46 heavy (non-hydrogen) atoms. The van der Waals surface area contributed by atoms with Crippen LogP contribution in [-0.2, 0) is 40.1 Å². The van der Waals surface area contributed by atoms with Gasteiger partial charge in [0.05, 0.1) is 13.2 Å². The van der Waals surface area contributed by atoms with E-state index in [4.69, 9.17) is 5.11 Å². The van der Waals surface area contributed by atoms with Gasteiger partial charge in [-0.2, -0.15) is 0 Å². The van der Waals surface area contributed by atoms with E-state index in [1.807, 2.05) is 0 Å². The maximum atomic E-state index is 10.8. The minimum atomic E-state index is -5.24. The molecule has 0 amide bonds. The Labute approximate surface area is 273 Å². The number of hydrogen-bond donors (Lipinski definition) is 12. The fourth-order valence-electron chi connectivity index (χ4n) is 4.78. The summed E-state index contributed by atoms with van der Waals surface area (Å²) in [7, 11) is -11.4. The van der Waals surface area contributed by atoms with E-state index in [-0.39, 0.29) is 28.6 Å². The summed E-state index contributed by atoms with van der Waals surface area (Å²) in [6.07, 6.45) is -16.5. The fraction of sp³-hybridized carbons (Fsp3) is 1.00. The molecule has 276 valence electrons. The molecule has 2 aliphatic heterocycles. The Balaban J connectivity index is 0.000000462. The Morgan fingerprint density at radius 3 is 1.78 bits per heavy atom. The van der Waals surface area contributed by atoms with Crippen molar-refractivity contribution >= 4 is 45.6 Å². The molecule has 15 atom stereocenters. The summed E-state index contributed by atoms with van der Waals surface area (Å²) < 4.78 is 72.6. The second-order valence-corrected chi connectivity index (χ2v) is 19.9. The maximum Gasteiger partial charge on any atom is 0.218 e. The summed E-state index contributed by atoms with van der Waals surface area (Å²) in [4.78, 5) is -0.632. The van der Waals surface area contributed by atoms with Gasteiger partial charge in [0.1, 0.15) is 42.0 Å². The topological polar surface area (TPSA) is 376 Å². The molecular weight excluding hydrogens is 759 g/mol. The van der Waals surface area contributed by atoms with Crippen molar-refractivity contribution in [2.75, 3.05) is 31.3 Å². The van der Waals surface area contributed by atoms with Crippen molar-refractivity contribution in [2.24, 2.45) is 0 Å². The van der Waals surface area contributed by atoms with Gasteiger partial charge in [0.25, 0.3) is 0 Å². The molecule has 2 rings (SSSR count). The molecule has 0 bridgehead atoms. The molecule has 0 aromatic rings. The van der Waals surface area contributed by atoms with Gasteiger partial charge in [-0.1, -0.05) is 0 Å². The van der Waals surface area contributed by atoms with Crippen LogP contribution in [0.3, 0.4) is 0 Å². The number of aliphatic hydroxyl groups is 12. The SMILES string of the molecule is CC[C@@H](O)[C@@H](O)[C@H](OS(=O)(=O)[O-])[C@@H](O)C[Se+]1C[C@@H](O)[C@H](O)[C@H]1CO.O=S(=O)([O-])O[C@@H]([C@H](O)CO)[C@H](O)C[S+]1C[C@@H](O)[C@H](O)[C@H]1CO. The van der Waals surface area contributed by atoms with Crippen LogP contribution in [0.1, 0.15) is 13.3 Å². The summed E-state index contributed by atoms with van der Waals surface area (Å²) in [6.45, 7) is -0.314. The van der Waals surface area contributed by atoms with Crippen molar-refractivity contribution in [3.8, 4) is 0 Å². The van der Waals surface area contributed by atoms with Crippen LogP contribution >= 0.6 is 0 Å². The van der Waals surface area contributed by atoms with Crippen LogP contribution < -0.4 is 0 Å². The minimum absolute atomic E-state index is 0.0308. The molecule has 12 N–H and O–H groups in total. The third kappa shape index (κ3) is 13.4. The largest absolute Gasteiger partial charge is 0.726 e. The quantitative estimate of drug-likeness (QED) is 0.0281. The smallest absolute Gasteiger partial charge is 0.218 e. The predicted molar refractivity (Wildman–Crippen MR) is 155 cm³/mol. The molecule has 0 aliphatic carbocycles. The van der Waals surface area contributed by atoms with E-state index in [0.717, 1.165) is 0 Å². The first kappa shape index (κ1) is 44.2. The average Bonchev–Trinajstić information content (AvgIpc) is 3.39. The Morgan fingerprint density at radius 2 is 1.33 bits per heavy atom. The number of hydrogen-bond acceptors (Lipinski definition) is 20. The Morgan fingerprint density at radius 1 is 0.783 bits per heavy atom. The molecule has 2 saturated heterocycles. The van der Waals surface area contributed by atoms with Crippen LogP contribution in [0.4, 0.5) is 0 Å². The molecule has 2 unspecified atom stereocenters. The van der Waals surface area contributed by atoms with Crippen molar-refractivity contribution in [1.82, 2.24) is 0 Å².